The van der Waals surface area contributed by atoms with Gasteiger partial charge in [0.25, 0.3) is 5.91 Å². The lowest BCUT2D eigenvalue weighted by atomic mass is 10.0. The second-order valence-electron chi connectivity index (χ2n) is 12.6. The first-order valence-electron chi connectivity index (χ1n) is 16.4. The quantitative estimate of drug-likeness (QED) is 0.114. The molecule has 6 heteroatoms. The Hall–Kier alpha value is -4.99. The summed E-state index contributed by atoms with van der Waals surface area (Å²) in [6.07, 6.45) is 8.13. The van der Waals surface area contributed by atoms with E-state index in [-0.39, 0.29) is 17.4 Å². The fourth-order valence-corrected chi connectivity index (χ4v) is 6.53. The summed E-state index contributed by atoms with van der Waals surface area (Å²) in [6.45, 7) is 12.9. The predicted octanol–water partition coefficient (Wildman–Crippen LogP) is 8.55. The van der Waals surface area contributed by atoms with Crippen LogP contribution in [-0.2, 0) is 13.0 Å². The molecule has 1 amide bonds. The summed E-state index contributed by atoms with van der Waals surface area (Å²) in [7, 11) is 0. The number of aromatic nitrogens is 1. The molecular formula is C41H45N3O3. The highest BCUT2D eigenvalue weighted by atomic mass is 16.3. The van der Waals surface area contributed by atoms with Crippen LogP contribution < -0.4 is 5.32 Å². The molecule has 3 N–H and O–H groups in total. The Bertz CT molecular complexity index is 1880. The molecule has 6 nitrogen and oxygen atoms in total. The number of carbonyl (C=O) groups is 1. The summed E-state index contributed by atoms with van der Waals surface area (Å²) < 4.78 is 2.46. The molecule has 4 aromatic carbocycles. The minimum absolute atomic E-state index is 0.108. The molecule has 242 valence electrons. The molecule has 0 saturated carbocycles. The van der Waals surface area contributed by atoms with Crippen LogP contribution in [-0.4, -0.2) is 45.2 Å². The summed E-state index contributed by atoms with van der Waals surface area (Å²) in [5.74, 6) is 2.73. The zero-order chi connectivity index (χ0) is 33.5. The maximum atomic E-state index is 13.2. The number of terminal acetylenes is 1. The zero-order valence-electron chi connectivity index (χ0n) is 27.9. The average molecular weight is 628 g/mol. The number of hydrogen-bond donors (Lipinski definition) is 3. The zero-order valence-corrected chi connectivity index (χ0v) is 27.9. The van der Waals surface area contributed by atoms with E-state index in [0.717, 1.165) is 44.6 Å². The molecule has 5 rings (SSSR count). The third-order valence-electron chi connectivity index (χ3n) is 8.89. The van der Waals surface area contributed by atoms with Crippen molar-refractivity contribution < 1.29 is 15.0 Å². The second-order valence-corrected chi connectivity index (χ2v) is 12.6. The van der Waals surface area contributed by atoms with Gasteiger partial charge in [-0.2, -0.15) is 0 Å². The molecule has 0 saturated heterocycles. The number of nitrogens with zero attached hydrogens (tertiary/aromatic N) is 2. The van der Waals surface area contributed by atoms with Crippen LogP contribution in [0.5, 0.6) is 11.5 Å². The Balaban J connectivity index is 1.29. The van der Waals surface area contributed by atoms with Crippen molar-refractivity contribution in [3.05, 3.63) is 113 Å². The predicted molar refractivity (Wildman–Crippen MR) is 193 cm³/mol. The lowest BCUT2D eigenvalue weighted by Gasteiger charge is -2.25. The van der Waals surface area contributed by atoms with Gasteiger partial charge in [0.15, 0.2) is 0 Å². The molecule has 5 aromatic rings. The molecule has 47 heavy (non-hydrogen) atoms. The summed E-state index contributed by atoms with van der Waals surface area (Å²) in [6, 6.07) is 26.3. The molecule has 0 aliphatic heterocycles. The van der Waals surface area contributed by atoms with Crippen LogP contribution in [0.1, 0.15) is 59.4 Å². The first kappa shape index (κ1) is 33.4. The number of amides is 1. The molecule has 0 bridgehead atoms. The Kier molecular flexibility index (Phi) is 10.7. The normalized spacial score (nSPS) is 11.9. The summed E-state index contributed by atoms with van der Waals surface area (Å²) in [5, 5.41) is 25.4. The van der Waals surface area contributed by atoms with Gasteiger partial charge in [0, 0.05) is 66.0 Å². The number of phenolic OH excluding ortho intramolecular Hbond substituents is 2. The van der Waals surface area contributed by atoms with Crippen molar-refractivity contribution in [2.24, 2.45) is 5.92 Å². The topological polar surface area (TPSA) is 77.7 Å². The Morgan fingerprint density at radius 2 is 1.66 bits per heavy atom. The van der Waals surface area contributed by atoms with Crippen LogP contribution in [0.4, 0.5) is 5.69 Å². The number of hydrogen-bond acceptors (Lipinski definition) is 4. The third-order valence-corrected chi connectivity index (χ3v) is 8.89. The maximum Gasteiger partial charge on any atom is 0.255 e. The fraction of sp³-hybridized carbons (Fsp3) is 0.293. The van der Waals surface area contributed by atoms with Crippen LogP contribution in [0.15, 0.2) is 84.9 Å². The number of anilines is 1. The second kappa shape index (κ2) is 15.1. The first-order chi connectivity index (χ1) is 22.7. The van der Waals surface area contributed by atoms with Crippen LogP contribution in [0.3, 0.4) is 0 Å². The monoisotopic (exact) mass is 627 g/mol. The van der Waals surface area contributed by atoms with Gasteiger partial charge in [-0.25, -0.2) is 0 Å². The number of rotatable bonds is 13. The number of nitrogens with one attached hydrogen (secondary N) is 1. The van der Waals surface area contributed by atoms with Crippen molar-refractivity contribution in [2.75, 3.05) is 25.0 Å². The highest BCUT2D eigenvalue weighted by Crippen LogP contribution is 2.39. The van der Waals surface area contributed by atoms with Gasteiger partial charge >= 0.3 is 0 Å². The van der Waals surface area contributed by atoms with Crippen molar-refractivity contribution >= 4 is 22.5 Å². The molecule has 0 aliphatic carbocycles. The van der Waals surface area contributed by atoms with E-state index in [4.69, 9.17) is 6.42 Å². The highest BCUT2D eigenvalue weighted by Gasteiger charge is 2.17. The van der Waals surface area contributed by atoms with Crippen molar-refractivity contribution in [1.82, 2.24) is 9.47 Å². The van der Waals surface area contributed by atoms with Gasteiger partial charge in [-0.3, -0.25) is 4.79 Å². The van der Waals surface area contributed by atoms with Crippen LogP contribution >= 0.6 is 0 Å². The Morgan fingerprint density at radius 3 is 2.36 bits per heavy atom. The van der Waals surface area contributed by atoms with Crippen molar-refractivity contribution in [1.29, 1.82) is 0 Å². The van der Waals surface area contributed by atoms with Crippen molar-refractivity contribution in [3.8, 4) is 35.0 Å². The maximum absolute atomic E-state index is 13.2. The summed E-state index contributed by atoms with van der Waals surface area (Å²) in [5.41, 5.74) is 7.87. The van der Waals surface area contributed by atoms with E-state index >= 15 is 0 Å². The molecule has 0 radical (unpaired) electrons. The number of carbonyl (C=O) groups excluding carboxylic acids is 1. The average Bonchev–Trinajstić information content (AvgIpc) is 3.28. The lowest BCUT2D eigenvalue weighted by Crippen LogP contribution is -2.32. The highest BCUT2D eigenvalue weighted by molar-refractivity contribution is 6.05. The van der Waals surface area contributed by atoms with E-state index in [1.54, 1.807) is 18.2 Å². The molecule has 1 atom stereocenters. The van der Waals surface area contributed by atoms with Gasteiger partial charge in [-0.15, -0.1) is 12.3 Å². The van der Waals surface area contributed by atoms with E-state index in [1.807, 2.05) is 36.4 Å². The Morgan fingerprint density at radius 1 is 0.936 bits per heavy atom. The van der Waals surface area contributed by atoms with Crippen LogP contribution in [0.2, 0.25) is 0 Å². The minimum atomic E-state index is -0.317. The smallest absolute Gasteiger partial charge is 0.255 e. The number of phenols is 2. The Labute approximate surface area is 278 Å². The number of benzene rings is 4. The van der Waals surface area contributed by atoms with Gasteiger partial charge in [0.05, 0.1) is 5.56 Å². The SMILES string of the molecule is C#CCCN(CCC)CC(C)Cn1c(C)c(C)c2cc(Cc3cccc(C(=O)Nc4cc(O)c(-c5ccccc5)c(O)c4)c3)ccc21. The standard InChI is InChI=1S/C41H45N3O3/c1-6-8-20-43(19-7-2)26-28(3)27-44-30(5)29(4)36-23-32(17-18-37(36)44)21-31-13-12-16-34(22-31)41(47)42-35-24-38(45)40(39(46)25-35)33-14-10-9-11-15-33/h1,9-18,22-25,28,45-46H,7-8,19-21,26-27H2,2-5H3,(H,42,47). The largest absolute Gasteiger partial charge is 0.507 e. The van der Waals surface area contributed by atoms with Gasteiger partial charge in [0.1, 0.15) is 11.5 Å². The molecular weight excluding hydrogens is 582 g/mol. The van der Waals surface area contributed by atoms with Crippen LogP contribution in [0, 0.1) is 32.1 Å². The number of aryl methyl sites for hydroxylation is 1. The van der Waals surface area contributed by atoms with Gasteiger partial charge in [-0.1, -0.05) is 62.4 Å². The van der Waals surface area contributed by atoms with Crippen LogP contribution in [0.25, 0.3) is 22.0 Å². The number of fused-ring (bicyclic) bond motifs is 1. The molecule has 0 spiro atoms. The molecule has 1 aromatic heterocycles. The molecule has 0 fully saturated rings. The lowest BCUT2D eigenvalue weighted by molar-refractivity contribution is 0.102. The molecule has 1 unspecified atom stereocenters. The van der Waals surface area contributed by atoms with Crippen molar-refractivity contribution in [2.45, 2.75) is 53.5 Å². The summed E-state index contributed by atoms with van der Waals surface area (Å²) >= 11 is 0. The number of aromatic hydroxyl groups is 2. The van der Waals surface area contributed by atoms with Crippen molar-refractivity contribution in [3.63, 3.8) is 0 Å². The van der Waals surface area contributed by atoms with Gasteiger partial charge in [0.2, 0.25) is 0 Å². The third kappa shape index (κ3) is 7.88. The van der Waals surface area contributed by atoms with Gasteiger partial charge < -0.3 is 25.0 Å². The van der Waals surface area contributed by atoms with Gasteiger partial charge in [-0.05, 0) is 85.7 Å². The van der Waals surface area contributed by atoms with E-state index in [9.17, 15) is 15.0 Å². The first-order valence-corrected chi connectivity index (χ1v) is 16.4. The van der Waals surface area contributed by atoms with E-state index in [1.165, 1.54) is 39.9 Å². The summed E-state index contributed by atoms with van der Waals surface area (Å²) in [4.78, 5) is 15.7. The van der Waals surface area contributed by atoms with E-state index in [0.29, 0.717) is 34.7 Å². The fourth-order valence-electron chi connectivity index (χ4n) is 6.53. The van der Waals surface area contributed by atoms with E-state index in [2.05, 4.69) is 66.6 Å². The minimum Gasteiger partial charge on any atom is -0.507 e. The molecule has 1 heterocycles. The van der Waals surface area contributed by atoms with E-state index < -0.39 is 0 Å². The molecule has 0 aliphatic rings.